The fraction of sp³-hybridized carbons (Fsp3) is 0.375. The Morgan fingerprint density at radius 1 is 1.50 bits per heavy atom. The van der Waals surface area contributed by atoms with Crippen molar-refractivity contribution >= 4 is 22.4 Å². The molecule has 118 valence electrons. The lowest BCUT2D eigenvalue weighted by atomic mass is 10.1. The molecule has 0 spiro atoms. The van der Waals surface area contributed by atoms with E-state index in [0.717, 1.165) is 10.4 Å². The number of amides is 1. The molecule has 2 aromatic rings. The van der Waals surface area contributed by atoms with E-state index in [1.165, 1.54) is 17.4 Å². The molecule has 0 fully saturated rings. The first-order valence-corrected chi connectivity index (χ1v) is 7.93. The number of hydrogen-bond donors (Lipinski definition) is 1. The molecule has 4 nitrogen and oxygen atoms in total. The molecule has 1 atom stereocenters. The quantitative estimate of drug-likeness (QED) is 0.885. The van der Waals surface area contributed by atoms with Crippen LogP contribution in [0.4, 0.5) is 9.52 Å². The molecule has 0 saturated heterocycles. The summed E-state index contributed by atoms with van der Waals surface area (Å²) in [7, 11) is 0. The smallest absolute Gasteiger partial charge is 0.254 e. The van der Waals surface area contributed by atoms with Crippen molar-refractivity contribution in [1.82, 2.24) is 4.98 Å². The van der Waals surface area contributed by atoms with Gasteiger partial charge in [-0.15, -0.1) is 11.3 Å². The van der Waals surface area contributed by atoms with Crippen LogP contribution < -0.4 is 5.32 Å². The van der Waals surface area contributed by atoms with Gasteiger partial charge in [-0.1, -0.05) is 12.1 Å². The highest BCUT2D eigenvalue weighted by Gasteiger charge is 2.14. The first kappa shape index (κ1) is 16.6. The van der Waals surface area contributed by atoms with Crippen molar-refractivity contribution in [3.8, 4) is 0 Å². The molecule has 0 saturated carbocycles. The minimum Gasteiger partial charge on any atom is -0.369 e. The van der Waals surface area contributed by atoms with Gasteiger partial charge in [-0.25, -0.2) is 9.37 Å². The van der Waals surface area contributed by atoms with Crippen molar-refractivity contribution in [1.29, 1.82) is 0 Å². The monoisotopic (exact) mass is 322 g/mol. The average Bonchev–Trinajstić information content (AvgIpc) is 2.90. The van der Waals surface area contributed by atoms with E-state index in [4.69, 9.17) is 4.74 Å². The van der Waals surface area contributed by atoms with Gasteiger partial charge in [0, 0.05) is 24.1 Å². The molecule has 2 rings (SSSR count). The van der Waals surface area contributed by atoms with Gasteiger partial charge in [0.2, 0.25) is 0 Å². The average molecular weight is 322 g/mol. The maximum atomic E-state index is 13.5. The Morgan fingerprint density at radius 3 is 2.95 bits per heavy atom. The Morgan fingerprint density at radius 2 is 2.27 bits per heavy atom. The fourth-order valence-electron chi connectivity index (χ4n) is 1.93. The van der Waals surface area contributed by atoms with Crippen LogP contribution >= 0.6 is 11.3 Å². The van der Waals surface area contributed by atoms with E-state index >= 15 is 0 Å². The van der Waals surface area contributed by atoms with Gasteiger partial charge in [-0.05, 0) is 38.0 Å². The van der Waals surface area contributed by atoms with Crippen LogP contribution in [0.3, 0.4) is 0 Å². The molecule has 6 heteroatoms. The number of halogens is 1. The minimum atomic E-state index is -0.511. The van der Waals surface area contributed by atoms with E-state index in [9.17, 15) is 9.18 Å². The summed E-state index contributed by atoms with van der Waals surface area (Å²) in [5, 5.41) is 3.25. The summed E-state index contributed by atoms with van der Waals surface area (Å²) >= 11 is 1.38. The lowest BCUT2D eigenvalue weighted by molar-refractivity contribution is -0.126. The van der Waals surface area contributed by atoms with Gasteiger partial charge in [0.1, 0.15) is 11.9 Å². The number of ether oxygens (including phenoxy) is 1. The summed E-state index contributed by atoms with van der Waals surface area (Å²) in [6.45, 7) is 5.75. The molecule has 1 aromatic carbocycles. The summed E-state index contributed by atoms with van der Waals surface area (Å²) < 4.78 is 18.8. The topological polar surface area (TPSA) is 51.2 Å². The number of anilines is 1. The Kier molecular flexibility index (Phi) is 5.63. The SMILES string of the molecule is CCOC(C)C(=O)Nc1ncc(Cc2ccc(C)c(F)c2)s1. The van der Waals surface area contributed by atoms with Crippen LogP contribution in [0.5, 0.6) is 0 Å². The highest BCUT2D eigenvalue weighted by atomic mass is 32.1. The fourth-order valence-corrected chi connectivity index (χ4v) is 2.78. The zero-order valence-corrected chi connectivity index (χ0v) is 13.7. The maximum absolute atomic E-state index is 13.5. The molecular weight excluding hydrogens is 303 g/mol. The van der Waals surface area contributed by atoms with Crippen LogP contribution in [-0.2, 0) is 16.0 Å². The third-order valence-corrected chi connectivity index (χ3v) is 4.10. The zero-order chi connectivity index (χ0) is 16.1. The highest BCUT2D eigenvalue weighted by molar-refractivity contribution is 7.15. The number of nitrogens with zero attached hydrogens (tertiary/aromatic N) is 1. The van der Waals surface area contributed by atoms with Crippen molar-refractivity contribution in [2.75, 3.05) is 11.9 Å². The van der Waals surface area contributed by atoms with Gasteiger partial charge < -0.3 is 4.74 Å². The number of carbonyl (C=O) groups excluding carboxylic acids is 1. The molecule has 1 heterocycles. The van der Waals surface area contributed by atoms with Crippen molar-refractivity contribution in [2.45, 2.75) is 33.3 Å². The molecule has 1 N–H and O–H groups in total. The molecule has 0 aliphatic rings. The molecule has 22 heavy (non-hydrogen) atoms. The Labute approximate surface area is 133 Å². The number of hydrogen-bond acceptors (Lipinski definition) is 4. The van der Waals surface area contributed by atoms with E-state index in [1.54, 1.807) is 26.1 Å². The largest absolute Gasteiger partial charge is 0.369 e. The summed E-state index contributed by atoms with van der Waals surface area (Å²) in [6, 6.07) is 5.19. The predicted octanol–water partition coefficient (Wildman–Crippen LogP) is 3.54. The Balaban J connectivity index is 1.99. The van der Waals surface area contributed by atoms with Crippen LogP contribution in [-0.4, -0.2) is 23.6 Å². The highest BCUT2D eigenvalue weighted by Crippen LogP contribution is 2.22. The van der Waals surface area contributed by atoms with Crippen LogP contribution in [0.25, 0.3) is 0 Å². The van der Waals surface area contributed by atoms with Crippen LogP contribution in [0.1, 0.15) is 29.9 Å². The molecule has 0 bridgehead atoms. The summed E-state index contributed by atoms with van der Waals surface area (Å²) in [6.07, 6.45) is 1.78. The first-order valence-electron chi connectivity index (χ1n) is 7.11. The predicted molar refractivity (Wildman–Crippen MR) is 85.8 cm³/mol. The number of rotatable bonds is 6. The van der Waals surface area contributed by atoms with Gasteiger partial charge in [-0.2, -0.15) is 0 Å². The minimum absolute atomic E-state index is 0.207. The van der Waals surface area contributed by atoms with E-state index in [0.29, 0.717) is 23.7 Å². The summed E-state index contributed by atoms with van der Waals surface area (Å²) in [5.41, 5.74) is 1.51. The third kappa shape index (κ3) is 4.35. The van der Waals surface area contributed by atoms with Gasteiger partial charge in [-0.3, -0.25) is 10.1 Å². The summed E-state index contributed by atoms with van der Waals surface area (Å²) in [4.78, 5) is 17.0. The van der Waals surface area contributed by atoms with E-state index in [1.807, 2.05) is 13.0 Å². The number of thiazole rings is 1. The molecule has 0 aliphatic carbocycles. The van der Waals surface area contributed by atoms with Crippen LogP contribution in [0.2, 0.25) is 0 Å². The lowest BCUT2D eigenvalue weighted by Crippen LogP contribution is -2.27. The molecular formula is C16H19FN2O2S. The number of carbonyl (C=O) groups is 1. The van der Waals surface area contributed by atoms with E-state index in [-0.39, 0.29) is 11.7 Å². The van der Waals surface area contributed by atoms with Crippen molar-refractivity contribution in [2.24, 2.45) is 0 Å². The van der Waals surface area contributed by atoms with Crippen LogP contribution in [0.15, 0.2) is 24.4 Å². The van der Waals surface area contributed by atoms with Crippen molar-refractivity contribution < 1.29 is 13.9 Å². The molecule has 0 aliphatic heterocycles. The van der Waals surface area contributed by atoms with Gasteiger partial charge in [0.25, 0.3) is 5.91 Å². The molecule has 1 amide bonds. The Bertz CT molecular complexity index is 657. The first-order chi connectivity index (χ1) is 10.5. The standard InChI is InChI=1S/C16H19FN2O2S/c1-4-21-11(3)15(20)19-16-18-9-13(22-16)7-12-6-5-10(2)14(17)8-12/h5-6,8-9,11H,4,7H2,1-3H3,(H,18,19,20). The summed E-state index contributed by atoms with van der Waals surface area (Å²) in [5.74, 6) is -0.426. The molecule has 0 radical (unpaired) electrons. The lowest BCUT2D eigenvalue weighted by Gasteiger charge is -2.09. The Hall–Kier alpha value is -1.79. The second kappa shape index (κ2) is 7.47. The van der Waals surface area contributed by atoms with E-state index in [2.05, 4.69) is 10.3 Å². The van der Waals surface area contributed by atoms with Crippen LogP contribution in [0, 0.1) is 12.7 Å². The number of aryl methyl sites for hydroxylation is 1. The molecule has 1 aromatic heterocycles. The third-order valence-electron chi connectivity index (χ3n) is 3.18. The zero-order valence-electron chi connectivity index (χ0n) is 12.9. The van der Waals surface area contributed by atoms with Crippen molar-refractivity contribution in [3.63, 3.8) is 0 Å². The number of benzene rings is 1. The maximum Gasteiger partial charge on any atom is 0.254 e. The number of nitrogens with one attached hydrogen (secondary N) is 1. The second-order valence-electron chi connectivity index (χ2n) is 4.98. The normalized spacial score (nSPS) is 12.2. The van der Waals surface area contributed by atoms with Gasteiger partial charge in [0.05, 0.1) is 0 Å². The molecule has 1 unspecified atom stereocenters. The van der Waals surface area contributed by atoms with Gasteiger partial charge in [0.15, 0.2) is 5.13 Å². The van der Waals surface area contributed by atoms with Crippen molar-refractivity contribution in [3.05, 3.63) is 46.2 Å². The van der Waals surface area contributed by atoms with Gasteiger partial charge >= 0.3 is 0 Å². The number of aromatic nitrogens is 1. The van der Waals surface area contributed by atoms with E-state index < -0.39 is 6.10 Å². The second-order valence-corrected chi connectivity index (χ2v) is 6.09.